The number of carbonyl (C=O) groups excluding carboxylic acids is 1. The van der Waals surface area contributed by atoms with Gasteiger partial charge < -0.3 is 26.6 Å². The topological polar surface area (TPSA) is 164 Å². The van der Waals surface area contributed by atoms with E-state index in [9.17, 15) is 4.79 Å². The van der Waals surface area contributed by atoms with Gasteiger partial charge in [0.15, 0.2) is 0 Å². The number of carboxylic acid groups (broad SMARTS) is 1. The summed E-state index contributed by atoms with van der Waals surface area (Å²) < 4.78 is 5.90. The molecule has 0 saturated carbocycles. The van der Waals surface area contributed by atoms with Crippen LogP contribution in [-0.2, 0) is 17.9 Å². The first kappa shape index (κ1) is 24.9. The molecule has 3 aromatic rings. The molecule has 7 N–H and O–H groups in total. The van der Waals surface area contributed by atoms with Crippen LogP contribution in [0.5, 0.6) is 5.75 Å². The zero-order valence-electron chi connectivity index (χ0n) is 18.5. The first-order valence-corrected chi connectivity index (χ1v) is 10.0. The molecular formula is C24H27N5O4. The SMILES string of the molecule is CC(=O)O.Cc1cc(C(=O)NCc2ccc(C(=N)N)cc2OCc2ccccn2)ccc1N. The summed E-state index contributed by atoms with van der Waals surface area (Å²) in [5.41, 5.74) is 15.5. The molecule has 1 heterocycles. The van der Waals surface area contributed by atoms with Gasteiger partial charge in [-0.25, -0.2) is 0 Å². The van der Waals surface area contributed by atoms with Crippen LogP contribution in [-0.4, -0.2) is 27.8 Å². The van der Waals surface area contributed by atoms with Crippen molar-refractivity contribution in [2.75, 3.05) is 5.73 Å². The second-order valence-electron chi connectivity index (χ2n) is 7.12. The Morgan fingerprint density at radius 3 is 2.42 bits per heavy atom. The van der Waals surface area contributed by atoms with Gasteiger partial charge in [-0.05, 0) is 48.9 Å². The van der Waals surface area contributed by atoms with Gasteiger partial charge in [0.05, 0.1) is 5.69 Å². The molecule has 2 aromatic carbocycles. The standard InChI is InChI=1S/C22H23N5O2.C2H4O2/c1-14-10-16(7-8-19(14)23)22(28)27-12-17-6-5-15(21(24)25)11-20(17)29-13-18-4-2-3-9-26-18;1-2(3)4/h2-11H,12-13,23H2,1H3,(H3,24,25)(H,27,28);1H3,(H,3,4). The number of hydrogen-bond donors (Lipinski definition) is 5. The molecule has 1 aromatic heterocycles. The number of amidine groups is 1. The molecule has 0 radical (unpaired) electrons. The summed E-state index contributed by atoms with van der Waals surface area (Å²) in [6, 6.07) is 15.9. The maximum atomic E-state index is 12.5. The second kappa shape index (κ2) is 11.8. The van der Waals surface area contributed by atoms with E-state index in [1.807, 2.05) is 25.1 Å². The molecule has 9 nitrogen and oxygen atoms in total. The fourth-order valence-electron chi connectivity index (χ4n) is 2.73. The predicted octanol–water partition coefficient (Wildman–Crippen LogP) is 2.86. The Labute approximate surface area is 191 Å². The number of amides is 1. The molecule has 0 unspecified atom stereocenters. The van der Waals surface area contributed by atoms with Crippen molar-refractivity contribution in [1.29, 1.82) is 5.41 Å². The van der Waals surface area contributed by atoms with E-state index in [1.54, 1.807) is 42.6 Å². The van der Waals surface area contributed by atoms with Crippen LogP contribution in [0.3, 0.4) is 0 Å². The van der Waals surface area contributed by atoms with Crippen LogP contribution in [0.4, 0.5) is 5.69 Å². The maximum Gasteiger partial charge on any atom is 0.300 e. The molecule has 172 valence electrons. The molecule has 0 spiro atoms. The Morgan fingerprint density at radius 2 is 1.82 bits per heavy atom. The Balaban J connectivity index is 0.000000890. The summed E-state index contributed by atoms with van der Waals surface area (Å²) in [6.45, 7) is 3.47. The van der Waals surface area contributed by atoms with Gasteiger partial charge >= 0.3 is 0 Å². The van der Waals surface area contributed by atoms with E-state index in [2.05, 4.69) is 10.3 Å². The van der Waals surface area contributed by atoms with Crippen molar-refractivity contribution in [1.82, 2.24) is 10.3 Å². The summed E-state index contributed by atoms with van der Waals surface area (Å²) in [4.78, 5) is 25.7. The quantitative estimate of drug-likeness (QED) is 0.210. The van der Waals surface area contributed by atoms with Gasteiger partial charge in [-0.3, -0.25) is 20.0 Å². The molecular weight excluding hydrogens is 422 g/mol. The third kappa shape index (κ3) is 7.98. The van der Waals surface area contributed by atoms with Crippen LogP contribution < -0.4 is 21.5 Å². The number of aliphatic carboxylic acids is 1. The highest BCUT2D eigenvalue weighted by Crippen LogP contribution is 2.22. The molecule has 33 heavy (non-hydrogen) atoms. The van der Waals surface area contributed by atoms with E-state index < -0.39 is 5.97 Å². The number of ether oxygens (including phenoxy) is 1. The lowest BCUT2D eigenvalue weighted by atomic mass is 10.1. The number of pyridine rings is 1. The summed E-state index contributed by atoms with van der Waals surface area (Å²) >= 11 is 0. The molecule has 0 aliphatic rings. The summed E-state index contributed by atoms with van der Waals surface area (Å²) in [6.07, 6.45) is 1.69. The average Bonchev–Trinajstić information content (AvgIpc) is 2.78. The van der Waals surface area contributed by atoms with E-state index >= 15 is 0 Å². The molecule has 3 rings (SSSR count). The molecule has 0 bridgehead atoms. The maximum absolute atomic E-state index is 12.5. The number of aromatic nitrogens is 1. The van der Waals surface area contributed by atoms with Gasteiger partial charge in [-0.2, -0.15) is 0 Å². The van der Waals surface area contributed by atoms with E-state index in [0.29, 0.717) is 22.6 Å². The molecule has 0 fully saturated rings. The van der Waals surface area contributed by atoms with Gasteiger partial charge in [0.25, 0.3) is 11.9 Å². The van der Waals surface area contributed by atoms with Crippen molar-refractivity contribution in [2.45, 2.75) is 27.0 Å². The summed E-state index contributed by atoms with van der Waals surface area (Å²) in [7, 11) is 0. The highest BCUT2D eigenvalue weighted by atomic mass is 16.5. The largest absolute Gasteiger partial charge is 0.487 e. The summed E-state index contributed by atoms with van der Waals surface area (Å²) in [5, 5.41) is 18.0. The molecule has 9 heteroatoms. The van der Waals surface area contributed by atoms with Gasteiger partial charge in [-0.15, -0.1) is 0 Å². The van der Waals surface area contributed by atoms with E-state index in [0.717, 1.165) is 23.7 Å². The zero-order chi connectivity index (χ0) is 24.4. The van der Waals surface area contributed by atoms with Gasteiger partial charge in [0, 0.05) is 42.0 Å². The van der Waals surface area contributed by atoms with Crippen molar-refractivity contribution >= 4 is 23.4 Å². The average molecular weight is 450 g/mol. The Kier molecular flexibility index (Phi) is 8.93. The number of nitrogens with two attached hydrogens (primary N) is 2. The zero-order valence-corrected chi connectivity index (χ0v) is 18.5. The van der Waals surface area contributed by atoms with Crippen LogP contribution in [0, 0.1) is 12.3 Å². The lowest BCUT2D eigenvalue weighted by Gasteiger charge is -2.14. The fraction of sp³-hybridized carbons (Fsp3) is 0.167. The highest BCUT2D eigenvalue weighted by Gasteiger charge is 2.11. The number of carbonyl (C=O) groups is 2. The van der Waals surface area contributed by atoms with Crippen LogP contribution in [0.15, 0.2) is 60.8 Å². The molecule has 0 aliphatic carbocycles. The van der Waals surface area contributed by atoms with E-state index in [1.165, 1.54) is 0 Å². The van der Waals surface area contributed by atoms with Crippen molar-refractivity contribution in [3.63, 3.8) is 0 Å². The number of nitrogens with zero attached hydrogens (tertiary/aromatic N) is 1. The summed E-state index contributed by atoms with van der Waals surface area (Å²) in [5.74, 6) is -0.558. The number of hydrogen-bond acceptors (Lipinski definition) is 6. The minimum absolute atomic E-state index is 0.0550. The number of carboxylic acids is 1. The van der Waals surface area contributed by atoms with E-state index in [-0.39, 0.29) is 24.9 Å². The Bertz CT molecular complexity index is 1130. The first-order chi connectivity index (χ1) is 15.7. The number of rotatable bonds is 7. The predicted molar refractivity (Wildman–Crippen MR) is 126 cm³/mol. The lowest BCUT2D eigenvalue weighted by molar-refractivity contribution is -0.134. The molecule has 1 amide bonds. The van der Waals surface area contributed by atoms with Crippen molar-refractivity contribution in [3.05, 3.63) is 88.7 Å². The van der Waals surface area contributed by atoms with Gasteiger partial charge in [0.2, 0.25) is 0 Å². The van der Waals surface area contributed by atoms with Crippen LogP contribution in [0.1, 0.15) is 39.7 Å². The second-order valence-corrected chi connectivity index (χ2v) is 7.12. The highest BCUT2D eigenvalue weighted by molar-refractivity contribution is 5.96. The fourth-order valence-corrected chi connectivity index (χ4v) is 2.73. The van der Waals surface area contributed by atoms with Crippen LogP contribution >= 0.6 is 0 Å². The molecule has 0 atom stereocenters. The smallest absolute Gasteiger partial charge is 0.300 e. The van der Waals surface area contributed by atoms with Crippen molar-refractivity contribution in [3.8, 4) is 5.75 Å². The number of aryl methyl sites for hydroxylation is 1. The van der Waals surface area contributed by atoms with Crippen LogP contribution in [0.25, 0.3) is 0 Å². The van der Waals surface area contributed by atoms with Gasteiger partial charge in [-0.1, -0.05) is 18.2 Å². The lowest BCUT2D eigenvalue weighted by Crippen LogP contribution is -2.23. The third-order valence-electron chi connectivity index (χ3n) is 4.45. The molecule has 0 saturated heterocycles. The monoisotopic (exact) mass is 449 g/mol. The van der Waals surface area contributed by atoms with Crippen molar-refractivity contribution < 1.29 is 19.4 Å². The molecule has 0 aliphatic heterocycles. The third-order valence-corrected chi connectivity index (χ3v) is 4.45. The number of nitrogens with one attached hydrogen (secondary N) is 2. The minimum atomic E-state index is -0.833. The normalized spacial score (nSPS) is 9.88. The van der Waals surface area contributed by atoms with E-state index in [4.69, 9.17) is 31.5 Å². The van der Waals surface area contributed by atoms with Gasteiger partial charge in [0.1, 0.15) is 18.2 Å². The van der Waals surface area contributed by atoms with Crippen molar-refractivity contribution in [2.24, 2.45) is 5.73 Å². The Hall–Kier alpha value is -4.40. The van der Waals surface area contributed by atoms with Crippen LogP contribution in [0.2, 0.25) is 0 Å². The number of nitrogen functional groups attached to an aromatic ring is 2. The Morgan fingerprint density at radius 1 is 1.12 bits per heavy atom. The number of anilines is 1. The number of benzene rings is 2. The minimum Gasteiger partial charge on any atom is -0.487 e. The first-order valence-electron chi connectivity index (χ1n) is 10.0.